The highest BCUT2D eigenvalue weighted by Gasteiger charge is 2.55. The number of rotatable bonds is 3. The zero-order valence-corrected chi connectivity index (χ0v) is 14.0. The molecule has 3 fully saturated rings. The smallest absolute Gasteiger partial charge is 0.231 e. The number of amides is 1. The van der Waals surface area contributed by atoms with E-state index in [1.54, 1.807) is 0 Å². The van der Waals surface area contributed by atoms with Gasteiger partial charge in [-0.3, -0.25) is 9.69 Å². The Kier molecular flexibility index (Phi) is 3.50. The highest BCUT2D eigenvalue weighted by Crippen LogP contribution is 2.50. The third kappa shape index (κ3) is 2.31. The second-order valence-corrected chi connectivity index (χ2v) is 7.81. The molecule has 0 aromatic heterocycles. The van der Waals surface area contributed by atoms with Gasteiger partial charge in [0.2, 0.25) is 5.91 Å². The Morgan fingerprint density at radius 1 is 1.26 bits per heavy atom. The molecule has 1 amide bonds. The van der Waals surface area contributed by atoms with Crippen LogP contribution in [0.3, 0.4) is 0 Å². The van der Waals surface area contributed by atoms with Gasteiger partial charge >= 0.3 is 0 Å². The normalized spacial score (nSPS) is 32.1. The van der Waals surface area contributed by atoms with Gasteiger partial charge < -0.3 is 10.0 Å². The van der Waals surface area contributed by atoms with E-state index in [0.717, 1.165) is 32.5 Å². The average molecular weight is 314 g/mol. The Morgan fingerprint density at radius 2 is 2.00 bits per heavy atom. The van der Waals surface area contributed by atoms with Crippen LogP contribution in [0.5, 0.6) is 0 Å². The van der Waals surface area contributed by atoms with Crippen molar-refractivity contribution in [3.63, 3.8) is 0 Å². The van der Waals surface area contributed by atoms with Gasteiger partial charge in [-0.15, -0.1) is 0 Å². The van der Waals surface area contributed by atoms with Gasteiger partial charge in [0.1, 0.15) is 0 Å². The summed E-state index contributed by atoms with van der Waals surface area (Å²) in [6, 6.07) is 9.03. The number of hydrogen-bond donors (Lipinski definition) is 1. The molecular weight excluding hydrogens is 288 g/mol. The predicted molar refractivity (Wildman–Crippen MR) is 88.9 cm³/mol. The summed E-state index contributed by atoms with van der Waals surface area (Å²) in [5.74, 6) is 1.27. The molecule has 2 saturated heterocycles. The van der Waals surface area contributed by atoms with Crippen LogP contribution in [0.25, 0.3) is 0 Å². The van der Waals surface area contributed by atoms with Crippen LogP contribution in [0.15, 0.2) is 24.3 Å². The molecule has 0 radical (unpaired) electrons. The lowest BCUT2D eigenvalue weighted by Crippen LogP contribution is -2.39. The standard InChI is InChI=1S/C19H26N2O2/c1-13-5-3-4-6-15(13)17-16-11-21(10-14(16)9-20(17)2)18(23)19(12-22)7-8-19/h3-6,14,16-17,22H,7-12H2,1-2H3/t14-,16+,17-/m0/s1. The fourth-order valence-corrected chi connectivity index (χ4v) is 4.74. The zero-order valence-electron chi connectivity index (χ0n) is 14.0. The monoisotopic (exact) mass is 314 g/mol. The van der Waals surface area contributed by atoms with Crippen molar-refractivity contribution in [1.29, 1.82) is 0 Å². The fraction of sp³-hybridized carbons (Fsp3) is 0.632. The lowest BCUT2D eigenvalue weighted by Gasteiger charge is -2.29. The maximum atomic E-state index is 12.7. The van der Waals surface area contributed by atoms with Crippen LogP contribution >= 0.6 is 0 Å². The topological polar surface area (TPSA) is 43.8 Å². The van der Waals surface area contributed by atoms with Gasteiger partial charge in [-0.2, -0.15) is 0 Å². The second kappa shape index (κ2) is 5.32. The van der Waals surface area contributed by atoms with Crippen molar-refractivity contribution in [2.75, 3.05) is 33.3 Å². The maximum absolute atomic E-state index is 12.7. The largest absolute Gasteiger partial charge is 0.395 e. The molecule has 3 aliphatic rings. The van der Waals surface area contributed by atoms with Gasteiger partial charge in [0.05, 0.1) is 12.0 Å². The molecule has 2 aliphatic heterocycles. The minimum Gasteiger partial charge on any atom is -0.395 e. The summed E-state index contributed by atoms with van der Waals surface area (Å²) < 4.78 is 0. The minimum absolute atomic E-state index is 0.0127. The average Bonchev–Trinajstić information content (AvgIpc) is 3.16. The number of aryl methyl sites for hydroxylation is 1. The number of hydrogen-bond acceptors (Lipinski definition) is 3. The summed E-state index contributed by atoms with van der Waals surface area (Å²) in [4.78, 5) is 17.2. The number of benzene rings is 1. The third-order valence-electron chi connectivity index (χ3n) is 6.30. The number of aliphatic hydroxyl groups excluding tert-OH is 1. The molecule has 1 aromatic rings. The van der Waals surface area contributed by atoms with Crippen molar-refractivity contribution < 1.29 is 9.90 Å². The highest BCUT2D eigenvalue weighted by atomic mass is 16.3. The van der Waals surface area contributed by atoms with E-state index in [1.165, 1.54) is 11.1 Å². The van der Waals surface area contributed by atoms with E-state index in [2.05, 4.69) is 43.1 Å². The fourth-order valence-electron chi connectivity index (χ4n) is 4.74. The van der Waals surface area contributed by atoms with E-state index in [-0.39, 0.29) is 12.5 Å². The SMILES string of the molecule is Cc1ccccc1[C@H]1[C@@H]2CN(C(=O)C3(CO)CC3)C[C@@H]2CN1C. The van der Waals surface area contributed by atoms with Crippen LogP contribution < -0.4 is 0 Å². The lowest BCUT2D eigenvalue weighted by atomic mass is 9.88. The first-order valence-electron chi connectivity index (χ1n) is 8.72. The Hall–Kier alpha value is -1.39. The van der Waals surface area contributed by atoms with Crippen molar-refractivity contribution in [1.82, 2.24) is 9.80 Å². The molecule has 124 valence electrons. The second-order valence-electron chi connectivity index (χ2n) is 7.81. The van der Waals surface area contributed by atoms with Crippen LogP contribution in [0, 0.1) is 24.2 Å². The number of nitrogens with zero attached hydrogens (tertiary/aromatic N) is 2. The summed E-state index contributed by atoms with van der Waals surface area (Å²) in [5, 5.41) is 9.54. The summed E-state index contributed by atoms with van der Waals surface area (Å²) in [5.41, 5.74) is 2.31. The molecule has 0 bridgehead atoms. The Bertz CT molecular complexity index is 626. The molecule has 4 heteroatoms. The van der Waals surface area contributed by atoms with E-state index < -0.39 is 5.41 Å². The van der Waals surface area contributed by atoms with Crippen molar-refractivity contribution in [3.05, 3.63) is 35.4 Å². The van der Waals surface area contributed by atoms with Gasteiger partial charge in [-0.1, -0.05) is 24.3 Å². The molecule has 1 aliphatic carbocycles. The molecule has 1 N–H and O–H groups in total. The molecule has 1 aromatic carbocycles. The van der Waals surface area contributed by atoms with E-state index in [4.69, 9.17) is 0 Å². The van der Waals surface area contributed by atoms with Crippen molar-refractivity contribution in [3.8, 4) is 0 Å². The third-order valence-corrected chi connectivity index (χ3v) is 6.30. The number of carbonyl (C=O) groups is 1. The van der Waals surface area contributed by atoms with Crippen LogP contribution in [-0.2, 0) is 4.79 Å². The van der Waals surface area contributed by atoms with E-state index in [9.17, 15) is 9.90 Å². The van der Waals surface area contributed by atoms with E-state index >= 15 is 0 Å². The van der Waals surface area contributed by atoms with Crippen molar-refractivity contribution >= 4 is 5.91 Å². The Balaban J connectivity index is 1.56. The minimum atomic E-state index is -0.428. The first-order valence-corrected chi connectivity index (χ1v) is 8.72. The Labute approximate surface area is 138 Å². The maximum Gasteiger partial charge on any atom is 0.231 e. The predicted octanol–water partition coefficient (Wildman–Crippen LogP) is 1.83. The van der Waals surface area contributed by atoms with Gasteiger partial charge in [0.25, 0.3) is 0 Å². The number of likely N-dealkylation sites (tertiary alicyclic amines) is 2. The molecule has 3 atom stereocenters. The molecule has 0 spiro atoms. The molecule has 1 saturated carbocycles. The van der Waals surface area contributed by atoms with Crippen LogP contribution in [0.1, 0.15) is 30.0 Å². The first kappa shape index (κ1) is 15.2. The van der Waals surface area contributed by atoms with Crippen LogP contribution in [0.4, 0.5) is 0 Å². The summed E-state index contributed by atoms with van der Waals surface area (Å²) in [6.07, 6.45) is 1.71. The summed E-state index contributed by atoms with van der Waals surface area (Å²) >= 11 is 0. The molecule has 0 unspecified atom stereocenters. The summed E-state index contributed by atoms with van der Waals surface area (Å²) in [7, 11) is 2.21. The molecule has 4 nitrogen and oxygen atoms in total. The van der Waals surface area contributed by atoms with Crippen LogP contribution in [-0.4, -0.2) is 54.1 Å². The van der Waals surface area contributed by atoms with E-state index in [0.29, 0.717) is 17.9 Å². The molecule has 2 heterocycles. The van der Waals surface area contributed by atoms with Crippen molar-refractivity contribution in [2.24, 2.45) is 17.3 Å². The first-order chi connectivity index (χ1) is 11.1. The van der Waals surface area contributed by atoms with E-state index in [1.807, 2.05) is 4.90 Å². The van der Waals surface area contributed by atoms with Gasteiger partial charge in [0.15, 0.2) is 0 Å². The number of aliphatic hydroxyl groups is 1. The van der Waals surface area contributed by atoms with Gasteiger partial charge in [-0.05, 0) is 43.9 Å². The molecule has 23 heavy (non-hydrogen) atoms. The van der Waals surface area contributed by atoms with Gasteiger partial charge in [0, 0.05) is 31.6 Å². The highest BCUT2D eigenvalue weighted by molar-refractivity contribution is 5.85. The number of fused-ring (bicyclic) bond motifs is 1. The summed E-state index contributed by atoms with van der Waals surface area (Å²) in [6.45, 7) is 4.95. The van der Waals surface area contributed by atoms with Crippen LogP contribution in [0.2, 0.25) is 0 Å². The Morgan fingerprint density at radius 3 is 2.65 bits per heavy atom. The zero-order chi connectivity index (χ0) is 16.2. The quantitative estimate of drug-likeness (QED) is 0.926. The van der Waals surface area contributed by atoms with Crippen molar-refractivity contribution in [2.45, 2.75) is 25.8 Å². The van der Waals surface area contributed by atoms with Gasteiger partial charge in [-0.25, -0.2) is 0 Å². The molecular formula is C19H26N2O2. The molecule has 4 rings (SSSR count). The lowest BCUT2D eigenvalue weighted by molar-refractivity contribution is -0.137. The number of carbonyl (C=O) groups excluding carboxylic acids is 1.